The van der Waals surface area contributed by atoms with Crippen LogP contribution in [0.1, 0.15) is 71.1 Å². The molecule has 0 unspecified atom stereocenters. The van der Waals surface area contributed by atoms with Crippen LogP contribution < -0.4 is 4.74 Å². The van der Waals surface area contributed by atoms with Gasteiger partial charge in [0.2, 0.25) is 0 Å². The summed E-state index contributed by atoms with van der Waals surface area (Å²) in [5.74, 6) is 1.26. The number of aromatic hydroxyl groups is 1. The number of phenolic OH excluding ortho intramolecular Hbond substituents is 1. The first kappa shape index (κ1) is 20.1. The highest BCUT2D eigenvalue weighted by Gasteiger charge is 2.08. The molecule has 0 bridgehead atoms. The fourth-order valence-electron chi connectivity index (χ4n) is 2.95. The van der Waals surface area contributed by atoms with E-state index in [0.717, 1.165) is 6.42 Å². The van der Waals surface area contributed by atoms with Crippen molar-refractivity contribution in [1.82, 2.24) is 15.0 Å². The van der Waals surface area contributed by atoms with Crippen molar-refractivity contribution < 1.29 is 9.84 Å². The molecule has 0 atom stereocenters. The van der Waals surface area contributed by atoms with Gasteiger partial charge in [-0.3, -0.25) is 0 Å². The average molecular weight is 357 g/mol. The molecule has 1 heterocycles. The third kappa shape index (κ3) is 7.38. The van der Waals surface area contributed by atoms with Crippen LogP contribution in [0.25, 0.3) is 11.4 Å². The number of phenols is 1. The Kier molecular flexibility index (Phi) is 9.47. The van der Waals surface area contributed by atoms with E-state index in [9.17, 15) is 5.11 Å². The van der Waals surface area contributed by atoms with Crippen LogP contribution in [0.5, 0.6) is 11.5 Å². The van der Waals surface area contributed by atoms with E-state index in [-0.39, 0.29) is 5.75 Å². The van der Waals surface area contributed by atoms with Gasteiger partial charge >= 0.3 is 0 Å². The van der Waals surface area contributed by atoms with Gasteiger partial charge in [0.1, 0.15) is 24.2 Å². The molecule has 5 heteroatoms. The lowest BCUT2D eigenvalue weighted by Gasteiger charge is -2.08. The van der Waals surface area contributed by atoms with Crippen LogP contribution in [0.15, 0.2) is 30.9 Å². The summed E-state index contributed by atoms with van der Waals surface area (Å²) in [6.45, 7) is 2.94. The molecule has 0 radical (unpaired) electrons. The number of rotatable bonds is 13. The predicted octanol–water partition coefficient (Wildman–Crippen LogP) is 5.54. The smallest absolute Gasteiger partial charge is 0.166 e. The Bertz CT molecular complexity index is 620. The summed E-state index contributed by atoms with van der Waals surface area (Å²) < 4.78 is 5.74. The van der Waals surface area contributed by atoms with Gasteiger partial charge in [0.25, 0.3) is 0 Å². The van der Waals surface area contributed by atoms with E-state index in [1.807, 2.05) is 6.07 Å². The molecule has 142 valence electrons. The van der Waals surface area contributed by atoms with Crippen LogP contribution in [-0.4, -0.2) is 26.7 Å². The van der Waals surface area contributed by atoms with E-state index < -0.39 is 0 Å². The quantitative estimate of drug-likeness (QED) is 0.476. The van der Waals surface area contributed by atoms with Crippen molar-refractivity contribution in [2.75, 3.05) is 6.61 Å². The van der Waals surface area contributed by atoms with Crippen molar-refractivity contribution in [2.45, 2.75) is 71.1 Å². The summed E-state index contributed by atoms with van der Waals surface area (Å²) in [5, 5.41) is 10.1. The molecular weight excluding hydrogens is 326 g/mol. The van der Waals surface area contributed by atoms with Gasteiger partial charge in [-0.2, -0.15) is 0 Å². The second kappa shape index (κ2) is 12.2. The standard InChI is InChI=1S/C21H31N3O2/c1-2-3-4-5-6-7-8-9-10-11-14-26-18-12-13-19(20(25)15-18)21-23-16-22-17-24-21/h12-13,15-17,25H,2-11,14H2,1H3. The first-order valence-corrected chi connectivity index (χ1v) is 9.89. The van der Waals surface area contributed by atoms with Gasteiger partial charge < -0.3 is 9.84 Å². The highest BCUT2D eigenvalue weighted by Crippen LogP contribution is 2.30. The molecule has 0 saturated carbocycles. The van der Waals surface area contributed by atoms with E-state index in [1.54, 1.807) is 12.1 Å². The summed E-state index contributed by atoms with van der Waals surface area (Å²) in [4.78, 5) is 11.9. The first-order valence-electron chi connectivity index (χ1n) is 9.89. The minimum atomic E-state index is 0.122. The van der Waals surface area contributed by atoms with Crippen LogP contribution in [0, 0.1) is 0 Å². The lowest BCUT2D eigenvalue weighted by atomic mass is 10.1. The van der Waals surface area contributed by atoms with Crippen molar-refractivity contribution in [3.63, 3.8) is 0 Å². The van der Waals surface area contributed by atoms with Crippen molar-refractivity contribution in [1.29, 1.82) is 0 Å². The van der Waals surface area contributed by atoms with Gasteiger partial charge in [-0.05, 0) is 18.6 Å². The van der Waals surface area contributed by atoms with Crippen molar-refractivity contribution >= 4 is 0 Å². The van der Waals surface area contributed by atoms with Crippen molar-refractivity contribution in [3.05, 3.63) is 30.9 Å². The Labute approximate surface area is 156 Å². The zero-order valence-corrected chi connectivity index (χ0v) is 15.9. The van der Waals surface area contributed by atoms with E-state index in [1.165, 1.54) is 70.4 Å². The van der Waals surface area contributed by atoms with Gasteiger partial charge in [0.05, 0.1) is 12.2 Å². The maximum Gasteiger partial charge on any atom is 0.166 e. The predicted molar refractivity (Wildman–Crippen MR) is 104 cm³/mol. The van der Waals surface area contributed by atoms with Gasteiger partial charge in [0.15, 0.2) is 5.82 Å². The number of ether oxygens (including phenoxy) is 1. The van der Waals surface area contributed by atoms with Crippen LogP contribution in [0.4, 0.5) is 0 Å². The lowest BCUT2D eigenvalue weighted by molar-refractivity contribution is 0.302. The summed E-state index contributed by atoms with van der Waals surface area (Å²) >= 11 is 0. The molecule has 0 aliphatic heterocycles. The van der Waals surface area contributed by atoms with Crippen LogP contribution >= 0.6 is 0 Å². The molecule has 0 spiro atoms. The van der Waals surface area contributed by atoms with Crippen LogP contribution in [0.3, 0.4) is 0 Å². The second-order valence-electron chi connectivity index (χ2n) is 6.67. The molecule has 0 fully saturated rings. The van der Waals surface area contributed by atoms with Crippen molar-refractivity contribution in [3.8, 4) is 22.9 Å². The topological polar surface area (TPSA) is 68.1 Å². The van der Waals surface area contributed by atoms with E-state index in [4.69, 9.17) is 4.74 Å². The third-order valence-electron chi connectivity index (χ3n) is 4.47. The number of unbranched alkanes of at least 4 members (excludes halogenated alkanes) is 9. The molecule has 0 amide bonds. The Morgan fingerprint density at radius 1 is 0.846 bits per heavy atom. The molecule has 26 heavy (non-hydrogen) atoms. The van der Waals surface area contributed by atoms with Crippen LogP contribution in [0.2, 0.25) is 0 Å². The molecule has 2 aromatic rings. The minimum Gasteiger partial charge on any atom is -0.507 e. The lowest BCUT2D eigenvalue weighted by Crippen LogP contribution is -1.98. The Morgan fingerprint density at radius 2 is 1.46 bits per heavy atom. The second-order valence-corrected chi connectivity index (χ2v) is 6.67. The zero-order chi connectivity index (χ0) is 18.5. The number of hydrogen-bond acceptors (Lipinski definition) is 5. The first-order chi connectivity index (χ1) is 12.8. The molecule has 1 aromatic heterocycles. The summed E-state index contributed by atoms with van der Waals surface area (Å²) in [6, 6.07) is 5.24. The van der Waals surface area contributed by atoms with Gasteiger partial charge in [0, 0.05) is 6.07 Å². The fourth-order valence-corrected chi connectivity index (χ4v) is 2.95. The summed E-state index contributed by atoms with van der Waals surface area (Å²) in [5.41, 5.74) is 0.582. The number of benzene rings is 1. The molecule has 0 saturated heterocycles. The van der Waals surface area contributed by atoms with E-state index in [0.29, 0.717) is 23.7 Å². The van der Waals surface area contributed by atoms with Crippen molar-refractivity contribution in [2.24, 2.45) is 0 Å². The molecule has 1 N–H and O–H groups in total. The SMILES string of the molecule is CCCCCCCCCCCCOc1ccc(-c2ncncn2)c(O)c1. The van der Waals surface area contributed by atoms with Gasteiger partial charge in [-0.15, -0.1) is 0 Å². The highest BCUT2D eigenvalue weighted by atomic mass is 16.5. The van der Waals surface area contributed by atoms with Gasteiger partial charge in [-0.1, -0.05) is 64.7 Å². The largest absolute Gasteiger partial charge is 0.507 e. The fraction of sp³-hybridized carbons (Fsp3) is 0.571. The third-order valence-corrected chi connectivity index (χ3v) is 4.47. The monoisotopic (exact) mass is 357 g/mol. The van der Waals surface area contributed by atoms with Gasteiger partial charge in [-0.25, -0.2) is 15.0 Å². The number of aromatic nitrogens is 3. The number of hydrogen-bond donors (Lipinski definition) is 1. The molecule has 2 rings (SSSR count). The maximum absolute atomic E-state index is 10.1. The maximum atomic E-state index is 10.1. The Balaban J connectivity index is 1.58. The number of nitrogens with zero attached hydrogens (tertiary/aromatic N) is 3. The zero-order valence-electron chi connectivity index (χ0n) is 15.9. The normalized spacial score (nSPS) is 10.8. The average Bonchev–Trinajstić information content (AvgIpc) is 2.67. The molecule has 1 aromatic carbocycles. The molecule has 0 aliphatic carbocycles. The summed E-state index contributed by atoms with van der Waals surface area (Å²) in [7, 11) is 0. The Morgan fingerprint density at radius 3 is 2.08 bits per heavy atom. The summed E-state index contributed by atoms with van der Waals surface area (Å²) in [6.07, 6.45) is 15.9. The molecule has 5 nitrogen and oxygen atoms in total. The minimum absolute atomic E-state index is 0.122. The highest BCUT2D eigenvalue weighted by molar-refractivity contribution is 5.64. The van der Waals surface area contributed by atoms with E-state index >= 15 is 0 Å². The molecular formula is C21H31N3O2. The molecule has 0 aliphatic rings. The van der Waals surface area contributed by atoms with Crippen LogP contribution in [-0.2, 0) is 0 Å². The Hall–Kier alpha value is -2.17. The van der Waals surface area contributed by atoms with E-state index in [2.05, 4.69) is 21.9 Å².